The van der Waals surface area contributed by atoms with Crippen LogP contribution in [0.2, 0.25) is 0 Å². The van der Waals surface area contributed by atoms with Gasteiger partial charge >= 0.3 is 5.97 Å². The highest BCUT2D eigenvalue weighted by atomic mass is 32.1. The summed E-state index contributed by atoms with van der Waals surface area (Å²) in [4.78, 5) is 29.9. The first-order valence-electron chi connectivity index (χ1n) is 9.08. The first-order valence-corrected chi connectivity index (χ1v) is 9.89. The molecule has 1 atom stereocenters. The number of hydrogen-bond donors (Lipinski definition) is 0. The number of amides is 1. The van der Waals surface area contributed by atoms with Crippen LogP contribution in [0.3, 0.4) is 0 Å². The smallest absolute Gasteiger partial charge is 0.329 e. The molecule has 7 heteroatoms. The molecule has 2 aromatic carbocycles. The lowest BCUT2D eigenvalue weighted by Crippen LogP contribution is -2.29. The van der Waals surface area contributed by atoms with Crippen molar-refractivity contribution in [3.63, 3.8) is 0 Å². The van der Waals surface area contributed by atoms with E-state index in [2.05, 4.69) is 4.99 Å². The molecule has 28 heavy (non-hydrogen) atoms. The molecule has 0 aliphatic carbocycles. The molecule has 0 radical (unpaired) electrons. The second kappa shape index (κ2) is 8.48. The van der Waals surface area contributed by atoms with Crippen LogP contribution in [-0.4, -0.2) is 23.1 Å². The molecule has 146 valence electrons. The topological polar surface area (TPSA) is 60.7 Å². The number of hydrogen-bond acceptors (Lipinski definition) is 4. The number of carbonyl (C=O) groups is 2. The lowest BCUT2D eigenvalue weighted by Gasteiger charge is -2.16. The van der Waals surface area contributed by atoms with Crippen molar-refractivity contribution in [3.8, 4) is 0 Å². The molecule has 1 unspecified atom stereocenters. The number of fused-ring (bicyclic) bond motifs is 1. The molecule has 0 saturated heterocycles. The largest absolute Gasteiger partial charge is 0.464 e. The van der Waals surface area contributed by atoms with Gasteiger partial charge in [-0.05, 0) is 50.1 Å². The summed E-state index contributed by atoms with van der Waals surface area (Å²) >= 11 is 1.31. The van der Waals surface area contributed by atoms with Crippen LogP contribution >= 0.6 is 11.3 Å². The number of ether oxygens (including phenoxy) is 1. The van der Waals surface area contributed by atoms with Crippen LogP contribution in [0.1, 0.15) is 42.2 Å². The van der Waals surface area contributed by atoms with Gasteiger partial charge in [0, 0.05) is 5.56 Å². The normalized spacial score (nSPS) is 12.9. The molecule has 1 aromatic heterocycles. The fourth-order valence-electron chi connectivity index (χ4n) is 3.04. The maximum absolute atomic E-state index is 13.6. The van der Waals surface area contributed by atoms with Crippen LogP contribution in [-0.2, 0) is 9.53 Å². The molecule has 0 aliphatic heterocycles. The summed E-state index contributed by atoms with van der Waals surface area (Å²) in [5.74, 6) is -1.41. The van der Waals surface area contributed by atoms with E-state index in [9.17, 15) is 14.0 Å². The Labute approximate surface area is 166 Å². The Morgan fingerprint density at radius 1 is 1.21 bits per heavy atom. The van der Waals surface area contributed by atoms with E-state index in [0.717, 1.165) is 10.2 Å². The Kier molecular flexibility index (Phi) is 6.04. The van der Waals surface area contributed by atoms with E-state index < -0.39 is 17.8 Å². The Bertz CT molecular complexity index is 1100. The minimum Gasteiger partial charge on any atom is -0.464 e. The fraction of sp³-hybridized carbons (Fsp3) is 0.286. The van der Waals surface area contributed by atoms with Crippen molar-refractivity contribution in [2.75, 3.05) is 6.61 Å². The summed E-state index contributed by atoms with van der Waals surface area (Å²) in [6, 6.07) is 11.0. The summed E-state index contributed by atoms with van der Waals surface area (Å²) < 4.78 is 21.5. The number of para-hydroxylation sites is 1. The highest BCUT2D eigenvalue weighted by molar-refractivity contribution is 7.16. The maximum Gasteiger partial charge on any atom is 0.329 e. The number of thiazole rings is 1. The first-order chi connectivity index (χ1) is 13.5. The van der Waals surface area contributed by atoms with E-state index in [-0.39, 0.29) is 18.1 Å². The number of nitrogens with zero attached hydrogens (tertiary/aromatic N) is 2. The van der Waals surface area contributed by atoms with Gasteiger partial charge in [0.05, 0.1) is 16.8 Å². The zero-order valence-corrected chi connectivity index (χ0v) is 16.8. The van der Waals surface area contributed by atoms with Crippen LogP contribution < -0.4 is 4.80 Å². The number of aryl methyl sites for hydroxylation is 1. The second-order valence-electron chi connectivity index (χ2n) is 6.27. The molecule has 0 aliphatic rings. The predicted octanol–water partition coefficient (Wildman–Crippen LogP) is 4.41. The summed E-state index contributed by atoms with van der Waals surface area (Å²) in [7, 11) is 0. The zero-order valence-electron chi connectivity index (χ0n) is 15.9. The average molecular weight is 400 g/mol. The van der Waals surface area contributed by atoms with Gasteiger partial charge in [-0.25, -0.2) is 9.18 Å². The fourth-order valence-corrected chi connectivity index (χ4v) is 4.10. The van der Waals surface area contributed by atoms with Gasteiger partial charge in [0.15, 0.2) is 4.80 Å². The molecular formula is C21H21FN2O3S. The Balaban J connectivity index is 2.20. The molecule has 1 amide bonds. The Morgan fingerprint density at radius 3 is 2.68 bits per heavy atom. The summed E-state index contributed by atoms with van der Waals surface area (Å²) in [5.41, 5.74) is 1.64. The summed E-state index contributed by atoms with van der Waals surface area (Å²) in [6.45, 7) is 5.63. The molecular weight excluding hydrogens is 379 g/mol. The molecule has 1 heterocycles. The lowest BCUT2D eigenvalue weighted by molar-refractivity contribution is -0.147. The van der Waals surface area contributed by atoms with Gasteiger partial charge in [0.1, 0.15) is 11.9 Å². The van der Waals surface area contributed by atoms with Crippen molar-refractivity contribution < 1.29 is 18.7 Å². The van der Waals surface area contributed by atoms with Crippen molar-refractivity contribution in [2.45, 2.75) is 33.2 Å². The third kappa shape index (κ3) is 3.89. The first kappa shape index (κ1) is 19.9. The summed E-state index contributed by atoms with van der Waals surface area (Å²) in [6.07, 6.45) is 0.486. The van der Waals surface area contributed by atoms with E-state index in [0.29, 0.717) is 16.8 Å². The van der Waals surface area contributed by atoms with Crippen molar-refractivity contribution in [1.82, 2.24) is 4.57 Å². The minimum atomic E-state index is -0.601. The lowest BCUT2D eigenvalue weighted by atomic mass is 10.1. The van der Waals surface area contributed by atoms with E-state index >= 15 is 0 Å². The van der Waals surface area contributed by atoms with Crippen LogP contribution in [0.25, 0.3) is 10.2 Å². The molecule has 3 aromatic rings. The molecule has 0 N–H and O–H groups in total. The van der Waals surface area contributed by atoms with E-state index in [1.807, 2.05) is 31.2 Å². The zero-order chi connectivity index (χ0) is 20.3. The Hall–Kier alpha value is -2.80. The van der Waals surface area contributed by atoms with E-state index in [4.69, 9.17) is 4.74 Å². The van der Waals surface area contributed by atoms with Gasteiger partial charge in [-0.2, -0.15) is 4.99 Å². The van der Waals surface area contributed by atoms with Crippen molar-refractivity contribution in [2.24, 2.45) is 4.99 Å². The van der Waals surface area contributed by atoms with Gasteiger partial charge in [-0.1, -0.05) is 36.5 Å². The van der Waals surface area contributed by atoms with Crippen LogP contribution in [0.4, 0.5) is 4.39 Å². The van der Waals surface area contributed by atoms with E-state index in [1.165, 1.54) is 23.5 Å². The predicted molar refractivity (Wildman–Crippen MR) is 107 cm³/mol. The highest BCUT2D eigenvalue weighted by Crippen LogP contribution is 2.23. The van der Waals surface area contributed by atoms with Gasteiger partial charge in [0.25, 0.3) is 5.91 Å². The monoisotopic (exact) mass is 400 g/mol. The van der Waals surface area contributed by atoms with Crippen LogP contribution in [0, 0.1) is 12.7 Å². The average Bonchev–Trinajstić information content (AvgIpc) is 3.02. The number of esters is 1. The number of aromatic nitrogens is 1. The molecule has 0 saturated carbocycles. The van der Waals surface area contributed by atoms with Gasteiger partial charge < -0.3 is 9.30 Å². The molecule has 0 spiro atoms. The minimum absolute atomic E-state index is 0.202. The standard InChI is InChI=1S/C21H21FN2O3S/c1-4-16(20(26)27-5-2)24-17-8-6-7-9-18(17)28-21(24)23-19(25)15-12-14(22)11-10-13(15)3/h6-12,16H,4-5H2,1-3H3. The highest BCUT2D eigenvalue weighted by Gasteiger charge is 2.24. The number of rotatable bonds is 5. The number of carbonyl (C=O) groups excluding carboxylic acids is 2. The van der Waals surface area contributed by atoms with Crippen molar-refractivity contribution in [3.05, 3.63) is 64.2 Å². The van der Waals surface area contributed by atoms with E-state index in [1.54, 1.807) is 24.5 Å². The third-order valence-corrected chi connectivity index (χ3v) is 5.45. The number of halogens is 1. The second-order valence-corrected chi connectivity index (χ2v) is 7.28. The molecule has 0 bridgehead atoms. The van der Waals surface area contributed by atoms with Gasteiger partial charge in [0.2, 0.25) is 0 Å². The number of benzene rings is 2. The molecule has 0 fully saturated rings. The van der Waals surface area contributed by atoms with Crippen molar-refractivity contribution >= 4 is 33.4 Å². The molecule has 5 nitrogen and oxygen atoms in total. The van der Waals surface area contributed by atoms with Crippen LogP contribution in [0.5, 0.6) is 0 Å². The quantitative estimate of drug-likeness (QED) is 0.596. The van der Waals surface area contributed by atoms with Crippen LogP contribution in [0.15, 0.2) is 47.5 Å². The Morgan fingerprint density at radius 2 is 1.96 bits per heavy atom. The maximum atomic E-state index is 13.6. The SMILES string of the molecule is CCOC(=O)C(CC)n1c(=NC(=O)c2cc(F)ccc2C)sc2ccccc21. The van der Waals surface area contributed by atoms with Crippen molar-refractivity contribution in [1.29, 1.82) is 0 Å². The van der Waals surface area contributed by atoms with Gasteiger partial charge in [-0.15, -0.1) is 0 Å². The summed E-state index contributed by atoms with van der Waals surface area (Å²) in [5, 5.41) is 0. The van der Waals surface area contributed by atoms with Gasteiger partial charge in [-0.3, -0.25) is 4.79 Å². The third-order valence-electron chi connectivity index (χ3n) is 4.42. The molecule has 3 rings (SSSR count).